The molecule has 1 heterocycles. The number of hydrogen-bond donors (Lipinski definition) is 0. The van der Waals surface area contributed by atoms with Crippen LogP contribution in [0.5, 0.6) is 0 Å². The second kappa shape index (κ2) is 3.00. The molecule has 2 unspecified atom stereocenters. The average molecular weight is 193 g/mol. The van der Waals surface area contributed by atoms with Crippen molar-refractivity contribution < 1.29 is 4.57 Å². The maximum Gasteiger partial charge on any atom is 0.191 e. The van der Waals surface area contributed by atoms with Crippen LogP contribution in [0, 0.1) is 0 Å². The third kappa shape index (κ3) is 1.66. The fraction of sp³-hybridized carbons (Fsp3) is 0.500. The van der Waals surface area contributed by atoms with Gasteiger partial charge < -0.3 is 0 Å². The molecule has 1 aromatic heterocycles. The van der Waals surface area contributed by atoms with E-state index in [1.165, 1.54) is 6.33 Å². The molecule has 3 nitrogen and oxygen atoms in total. The molecule has 0 aliphatic rings. The van der Waals surface area contributed by atoms with Crippen molar-refractivity contribution in [1.29, 1.82) is 0 Å². The third-order valence-electron chi connectivity index (χ3n) is 1.61. The van der Waals surface area contributed by atoms with Gasteiger partial charge in [0, 0.05) is 19.1 Å². The van der Waals surface area contributed by atoms with Crippen molar-refractivity contribution in [2.45, 2.75) is 12.0 Å². The first-order chi connectivity index (χ1) is 5.05. The van der Waals surface area contributed by atoms with E-state index in [0.717, 1.165) is 0 Å². The number of halogens is 1. The molecule has 1 rings (SSSR count). The summed E-state index contributed by atoms with van der Waals surface area (Å²) in [6, 6.07) is 0. The van der Waals surface area contributed by atoms with Gasteiger partial charge in [-0.3, -0.25) is 8.90 Å². The van der Waals surface area contributed by atoms with Crippen LogP contribution in [0.1, 0.15) is 6.92 Å². The van der Waals surface area contributed by atoms with E-state index in [4.69, 9.17) is 11.6 Å². The van der Waals surface area contributed by atoms with E-state index >= 15 is 0 Å². The van der Waals surface area contributed by atoms with Crippen LogP contribution >= 0.6 is 18.9 Å². The highest BCUT2D eigenvalue weighted by molar-refractivity contribution is 7.63. The Hall–Kier alpha value is -0.270. The summed E-state index contributed by atoms with van der Waals surface area (Å²) < 4.78 is 13.3. The van der Waals surface area contributed by atoms with Crippen molar-refractivity contribution in [2.24, 2.45) is 0 Å². The predicted molar refractivity (Wildman–Crippen MR) is 46.5 cm³/mol. The highest BCUT2D eigenvalue weighted by Crippen LogP contribution is 2.49. The molecular weight excluding hydrogens is 183 g/mol. The van der Waals surface area contributed by atoms with Gasteiger partial charge in [-0.05, 0) is 6.92 Å². The van der Waals surface area contributed by atoms with Crippen molar-refractivity contribution in [1.82, 2.24) is 9.32 Å². The van der Waals surface area contributed by atoms with Crippen LogP contribution in [-0.4, -0.2) is 21.1 Å². The third-order valence-corrected chi connectivity index (χ3v) is 5.17. The molecule has 0 N–H and O–H groups in total. The van der Waals surface area contributed by atoms with E-state index < -0.39 is 7.29 Å². The molecule has 0 radical (unpaired) electrons. The normalized spacial score (nSPS) is 19.2. The SMILES string of the molecule is CC(Cl)P(C)(=O)n1ccnc1. The predicted octanol–water partition coefficient (Wildman–Crippen LogP) is 2.22. The fourth-order valence-electron chi connectivity index (χ4n) is 0.671. The lowest BCUT2D eigenvalue weighted by atomic mass is 11.0. The van der Waals surface area contributed by atoms with Gasteiger partial charge in [0.15, 0.2) is 7.29 Å². The molecule has 11 heavy (non-hydrogen) atoms. The first-order valence-electron chi connectivity index (χ1n) is 3.25. The maximum absolute atomic E-state index is 11.8. The lowest BCUT2D eigenvalue weighted by molar-refractivity contribution is 0.571. The monoisotopic (exact) mass is 192 g/mol. The molecule has 0 spiro atoms. The van der Waals surface area contributed by atoms with Gasteiger partial charge in [0.1, 0.15) is 11.4 Å². The summed E-state index contributed by atoms with van der Waals surface area (Å²) in [5, 5.41) is -0.350. The highest BCUT2D eigenvalue weighted by Gasteiger charge is 2.23. The van der Waals surface area contributed by atoms with Crippen molar-refractivity contribution in [3.8, 4) is 0 Å². The van der Waals surface area contributed by atoms with Gasteiger partial charge >= 0.3 is 0 Å². The van der Waals surface area contributed by atoms with E-state index in [0.29, 0.717) is 0 Å². The first kappa shape index (κ1) is 8.82. The summed E-state index contributed by atoms with van der Waals surface area (Å²) in [6.07, 6.45) is 4.79. The summed E-state index contributed by atoms with van der Waals surface area (Å²) in [5.41, 5.74) is 0. The van der Waals surface area contributed by atoms with Gasteiger partial charge in [-0.15, -0.1) is 11.6 Å². The van der Waals surface area contributed by atoms with E-state index in [1.807, 2.05) is 0 Å². The molecule has 1 aromatic rings. The van der Waals surface area contributed by atoms with E-state index in [1.54, 1.807) is 30.3 Å². The Morgan fingerprint density at radius 1 is 1.73 bits per heavy atom. The largest absolute Gasteiger partial charge is 0.299 e. The molecular formula is C6H10ClN2OP. The Morgan fingerprint density at radius 3 is 2.73 bits per heavy atom. The van der Waals surface area contributed by atoms with Gasteiger partial charge in [-0.1, -0.05) is 0 Å². The standard InChI is InChI=1S/C6H10ClN2OP/c1-6(7)11(2,10)9-4-3-8-5-9/h3-6H,1-2H3. The van der Waals surface area contributed by atoms with E-state index in [2.05, 4.69) is 4.98 Å². The molecule has 5 heteroatoms. The zero-order chi connectivity index (χ0) is 8.48. The molecule has 0 aliphatic carbocycles. The molecule has 0 aliphatic heterocycles. The Kier molecular flexibility index (Phi) is 2.40. The van der Waals surface area contributed by atoms with Crippen molar-refractivity contribution in [3.63, 3.8) is 0 Å². The topological polar surface area (TPSA) is 34.9 Å². The summed E-state index contributed by atoms with van der Waals surface area (Å²) in [6.45, 7) is 3.37. The average Bonchev–Trinajstić information content (AvgIpc) is 2.37. The summed E-state index contributed by atoms with van der Waals surface area (Å²) >= 11 is 5.75. The second-order valence-corrected chi connectivity index (χ2v) is 6.54. The Bertz CT molecular complexity index is 270. The highest BCUT2D eigenvalue weighted by atomic mass is 35.5. The maximum atomic E-state index is 11.8. The molecule has 0 saturated carbocycles. The zero-order valence-electron chi connectivity index (χ0n) is 6.44. The van der Waals surface area contributed by atoms with E-state index in [9.17, 15) is 4.57 Å². The zero-order valence-corrected chi connectivity index (χ0v) is 8.09. The molecule has 0 saturated heterocycles. The van der Waals surface area contributed by atoms with Crippen LogP contribution in [0.2, 0.25) is 0 Å². The second-order valence-electron chi connectivity index (χ2n) is 2.46. The lowest BCUT2D eigenvalue weighted by Crippen LogP contribution is -2.01. The number of nitrogens with zero attached hydrogens (tertiary/aromatic N) is 2. The van der Waals surface area contributed by atoms with Crippen LogP contribution in [-0.2, 0) is 4.57 Å². The van der Waals surface area contributed by atoms with Crippen LogP contribution < -0.4 is 0 Å². The van der Waals surface area contributed by atoms with Crippen LogP contribution in [0.25, 0.3) is 0 Å². The van der Waals surface area contributed by atoms with Crippen LogP contribution in [0.4, 0.5) is 0 Å². The lowest BCUT2D eigenvalue weighted by Gasteiger charge is -2.15. The number of hydrogen-bond acceptors (Lipinski definition) is 2. The van der Waals surface area contributed by atoms with Gasteiger partial charge in [0.2, 0.25) is 0 Å². The van der Waals surface area contributed by atoms with Crippen molar-refractivity contribution in [3.05, 3.63) is 18.7 Å². The first-order valence-corrected chi connectivity index (χ1v) is 5.86. The molecule has 0 aromatic carbocycles. The van der Waals surface area contributed by atoms with Gasteiger partial charge in [0.05, 0.1) is 0 Å². The minimum atomic E-state index is -2.45. The van der Waals surface area contributed by atoms with Crippen LogP contribution in [0.15, 0.2) is 18.7 Å². The number of rotatable bonds is 2. The number of alkyl halides is 1. The van der Waals surface area contributed by atoms with Crippen molar-refractivity contribution in [2.75, 3.05) is 6.66 Å². The van der Waals surface area contributed by atoms with Gasteiger partial charge in [-0.2, -0.15) is 0 Å². The Labute approximate surface area is 70.8 Å². The fourth-order valence-corrected chi connectivity index (χ4v) is 1.93. The molecule has 0 amide bonds. The Balaban J connectivity index is 3.01. The molecule has 0 bridgehead atoms. The molecule has 62 valence electrons. The quantitative estimate of drug-likeness (QED) is 0.532. The molecule has 2 atom stereocenters. The number of imidazole rings is 1. The van der Waals surface area contributed by atoms with E-state index in [-0.39, 0.29) is 5.12 Å². The summed E-state index contributed by atoms with van der Waals surface area (Å²) in [5.74, 6) is 0. The minimum absolute atomic E-state index is 0.350. The molecule has 0 fully saturated rings. The summed E-state index contributed by atoms with van der Waals surface area (Å²) in [7, 11) is -2.45. The van der Waals surface area contributed by atoms with Crippen LogP contribution in [0.3, 0.4) is 0 Å². The smallest absolute Gasteiger partial charge is 0.191 e. The summed E-state index contributed by atoms with van der Waals surface area (Å²) in [4.78, 5) is 3.80. The van der Waals surface area contributed by atoms with Crippen molar-refractivity contribution >= 4 is 18.9 Å². The number of aromatic nitrogens is 2. The van der Waals surface area contributed by atoms with Gasteiger partial charge in [-0.25, -0.2) is 4.98 Å². The Morgan fingerprint density at radius 2 is 2.36 bits per heavy atom. The van der Waals surface area contributed by atoms with Gasteiger partial charge in [0.25, 0.3) is 0 Å². The minimum Gasteiger partial charge on any atom is -0.299 e.